The Bertz CT molecular complexity index is 83.0. The fourth-order valence-electron chi connectivity index (χ4n) is 1.43. The van der Waals surface area contributed by atoms with E-state index in [2.05, 4.69) is 12.2 Å². The van der Waals surface area contributed by atoms with Crippen molar-refractivity contribution >= 4 is 0 Å². The van der Waals surface area contributed by atoms with Crippen molar-refractivity contribution in [2.75, 3.05) is 6.54 Å². The quantitative estimate of drug-likeness (QED) is 0.569. The number of aliphatic hydroxyl groups is 1. The van der Waals surface area contributed by atoms with E-state index < -0.39 is 0 Å². The molecule has 0 saturated heterocycles. The van der Waals surface area contributed by atoms with E-state index in [4.69, 9.17) is 5.11 Å². The first-order chi connectivity index (χ1) is 4.33. The van der Waals surface area contributed by atoms with E-state index in [9.17, 15) is 0 Å². The predicted octanol–water partition coefficient (Wildman–Crippen LogP) is 0.509. The topological polar surface area (TPSA) is 32.3 Å². The van der Waals surface area contributed by atoms with E-state index in [1.54, 1.807) is 0 Å². The van der Waals surface area contributed by atoms with Crippen molar-refractivity contribution in [2.24, 2.45) is 0 Å². The molecule has 1 aliphatic rings. The monoisotopic (exact) mass is 129 g/mol. The second-order valence-electron chi connectivity index (χ2n) is 2.72. The van der Waals surface area contributed by atoms with E-state index in [-0.39, 0.29) is 6.10 Å². The number of hydrogen-bond acceptors (Lipinski definition) is 2. The third-order valence-corrected chi connectivity index (χ3v) is 1.90. The van der Waals surface area contributed by atoms with Crippen LogP contribution < -0.4 is 5.32 Å². The Morgan fingerprint density at radius 2 is 2.33 bits per heavy atom. The maximum Gasteiger partial charge on any atom is 0.0555 e. The summed E-state index contributed by atoms with van der Waals surface area (Å²) in [5.41, 5.74) is 0. The Labute approximate surface area is 56.3 Å². The summed E-state index contributed by atoms with van der Waals surface area (Å²) in [5, 5.41) is 12.4. The third-order valence-electron chi connectivity index (χ3n) is 1.90. The predicted molar refractivity (Wildman–Crippen MR) is 37.3 cm³/mol. The Balaban J connectivity index is 2.14. The van der Waals surface area contributed by atoms with Crippen LogP contribution in [0.25, 0.3) is 0 Å². The molecule has 0 bridgehead atoms. The molecule has 1 fully saturated rings. The second kappa shape index (κ2) is 3.18. The molecular weight excluding hydrogens is 114 g/mol. The lowest BCUT2D eigenvalue weighted by Crippen LogP contribution is -2.26. The van der Waals surface area contributed by atoms with Gasteiger partial charge in [0.2, 0.25) is 0 Å². The fraction of sp³-hybridized carbons (Fsp3) is 1.00. The molecule has 2 unspecified atom stereocenters. The molecule has 0 aromatic rings. The van der Waals surface area contributed by atoms with Gasteiger partial charge in [-0.25, -0.2) is 0 Å². The molecule has 2 atom stereocenters. The first-order valence-corrected chi connectivity index (χ1v) is 3.74. The van der Waals surface area contributed by atoms with Crippen molar-refractivity contribution < 1.29 is 5.11 Å². The van der Waals surface area contributed by atoms with Gasteiger partial charge < -0.3 is 10.4 Å². The summed E-state index contributed by atoms with van der Waals surface area (Å²) >= 11 is 0. The van der Waals surface area contributed by atoms with Crippen LogP contribution in [0.3, 0.4) is 0 Å². The first kappa shape index (κ1) is 7.03. The standard InChI is InChI=1S/C7H15NO/c1-2-8-6-3-4-7(9)5-6/h6-9H,2-5H2,1H3. The van der Waals surface area contributed by atoms with Crippen molar-refractivity contribution in [2.45, 2.75) is 38.3 Å². The summed E-state index contributed by atoms with van der Waals surface area (Å²) in [5.74, 6) is 0. The highest BCUT2D eigenvalue weighted by Gasteiger charge is 2.20. The Kier molecular flexibility index (Phi) is 2.49. The van der Waals surface area contributed by atoms with Gasteiger partial charge in [0.15, 0.2) is 0 Å². The molecule has 1 aliphatic carbocycles. The number of aliphatic hydroxyl groups excluding tert-OH is 1. The van der Waals surface area contributed by atoms with Crippen LogP contribution in [0.1, 0.15) is 26.2 Å². The average molecular weight is 129 g/mol. The molecule has 54 valence electrons. The van der Waals surface area contributed by atoms with Gasteiger partial charge in [0.1, 0.15) is 0 Å². The van der Waals surface area contributed by atoms with Gasteiger partial charge in [-0.05, 0) is 25.8 Å². The van der Waals surface area contributed by atoms with Crippen molar-refractivity contribution in [3.63, 3.8) is 0 Å². The molecule has 0 aromatic carbocycles. The van der Waals surface area contributed by atoms with E-state index in [1.807, 2.05) is 0 Å². The van der Waals surface area contributed by atoms with Crippen molar-refractivity contribution in [3.8, 4) is 0 Å². The minimum absolute atomic E-state index is 0.0333. The molecule has 0 heterocycles. The van der Waals surface area contributed by atoms with Gasteiger partial charge in [0.05, 0.1) is 6.10 Å². The minimum atomic E-state index is -0.0333. The Morgan fingerprint density at radius 3 is 2.78 bits per heavy atom. The third kappa shape index (κ3) is 1.95. The first-order valence-electron chi connectivity index (χ1n) is 3.74. The van der Waals surface area contributed by atoms with Crippen LogP contribution in [0.4, 0.5) is 0 Å². The number of rotatable bonds is 2. The maximum atomic E-state index is 9.09. The zero-order valence-corrected chi connectivity index (χ0v) is 5.93. The second-order valence-corrected chi connectivity index (χ2v) is 2.72. The van der Waals surface area contributed by atoms with Crippen LogP contribution in [-0.2, 0) is 0 Å². The average Bonchev–Trinajstić information content (AvgIpc) is 2.17. The van der Waals surface area contributed by atoms with Crippen LogP contribution in [0.15, 0.2) is 0 Å². The SMILES string of the molecule is CCNC1CCC(O)C1. The van der Waals surface area contributed by atoms with Gasteiger partial charge in [-0.1, -0.05) is 6.92 Å². The summed E-state index contributed by atoms with van der Waals surface area (Å²) in [6.07, 6.45) is 3.05. The molecule has 2 nitrogen and oxygen atoms in total. The maximum absolute atomic E-state index is 9.09. The lowest BCUT2D eigenvalue weighted by Gasteiger charge is -2.08. The van der Waals surface area contributed by atoms with E-state index >= 15 is 0 Å². The van der Waals surface area contributed by atoms with Crippen molar-refractivity contribution in [1.82, 2.24) is 5.32 Å². The van der Waals surface area contributed by atoms with Gasteiger partial charge in [-0.15, -0.1) is 0 Å². The van der Waals surface area contributed by atoms with Crippen molar-refractivity contribution in [1.29, 1.82) is 0 Å². The normalized spacial score (nSPS) is 35.3. The molecule has 2 N–H and O–H groups in total. The lowest BCUT2D eigenvalue weighted by molar-refractivity contribution is 0.180. The van der Waals surface area contributed by atoms with Crippen LogP contribution in [0, 0.1) is 0 Å². The van der Waals surface area contributed by atoms with Crippen LogP contribution in [-0.4, -0.2) is 23.8 Å². The molecule has 1 rings (SSSR count). The van der Waals surface area contributed by atoms with Gasteiger partial charge in [-0.2, -0.15) is 0 Å². The molecular formula is C7H15NO. The molecule has 0 spiro atoms. The fourth-order valence-corrected chi connectivity index (χ4v) is 1.43. The minimum Gasteiger partial charge on any atom is -0.393 e. The Hall–Kier alpha value is -0.0800. The van der Waals surface area contributed by atoms with Gasteiger partial charge >= 0.3 is 0 Å². The highest BCUT2D eigenvalue weighted by molar-refractivity contribution is 4.79. The zero-order valence-electron chi connectivity index (χ0n) is 5.93. The summed E-state index contributed by atoms with van der Waals surface area (Å²) in [7, 11) is 0. The number of nitrogens with one attached hydrogen (secondary N) is 1. The summed E-state index contributed by atoms with van der Waals surface area (Å²) in [6, 6.07) is 0.588. The molecule has 0 aromatic heterocycles. The van der Waals surface area contributed by atoms with Gasteiger partial charge in [0.25, 0.3) is 0 Å². The van der Waals surface area contributed by atoms with E-state index in [0.717, 1.165) is 25.8 Å². The van der Waals surface area contributed by atoms with Crippen molar-refractivity contribution in [3.05, 3.63) is 0 Å². The van der Waals surface area contributed by atoms with Crippen LogP contribution >= 0.6 is 0 Å². The highest BCUT2D eigenvalue weighted by atomic mass is 16.3. The molecule has 0 amide bonds. The number of hydrogen-bond donors (Lipinski definition) is 2. The molecule has 9 heavy (non-hydrogen) atoms. The highest BCUT2D eigenvalue weighted by Crippen LogP contribution is 2.18. The Morgan fingerprint density at radius 1 is 1.56 bits per heavy atom. The van der Waals surface area contributed by atoms with Gasteiger partial charge in [-0.3, -0.25) is 0 Å². The van der Waals surface area contributed by atoms with E-state index in [1.165, 1.54) is 0 Å². The molecule has 1 saturated carbocycles. The zero-order chi connectivity index (χ0) is 6.69. The van der Waals surface area contributed by atoms with Gasteiger partial charge in [0, 0.05) is 6.04 Å². The summed E-state index contributed by atoms with van der Waals surface area (Å²) < 4.78 is 0. The molecule has 0 aliphatic heterocycles. The van der Waals surface area contributed by atoms with Crippen LogP contribution in [0.2, 0.25) is 0 Å². The van der Waals surface area contributed by atoms with Crippen LogP contribution in [0.5, 0.6) is 0 Å². The smallest absolute Gasteiger partial charge is 0.0555 e. The summed E-state index contributed by atoms with van der Waals surface area (Å²) in [4.78, 5) is 0. The largest absolute Gasteiger partial charge is 0.393 e. The van der Waals surface area contributed by atoms with E-state index in [0.29, 0.717) is 6.04 Å². The molecule has 0 radical (unpaired) electrons. The molecule has 2 heteroatoms. The lowest BCUT2D eigenvalue weighted by atomic mass is 10.2. The summed E-state index contributed by atoms with van der Waals surface area (Å²) in [6.45, 7) is 3.13.